The van der Waals surface area contributed by atoms with Gasteiger partial charge in [0, 0.05) is 23.2 Å². The van der Waals surface area contributed by atoms with E-state index in [9.17, 15) is 4.79 Å². The van der Waals surface area contributed by atoms with Crippen molar-refractivity contribution in [1.29, 1.82) is 0 Å². The minimum absolute atomic E-state index is 0.0969. The largest absolute Gasteiger partial charge is 0.301 e. The molecular formula is C18H21N5OS2. The Morgan fingerprint density at radius 3 is 2.73 bits per heavy atom. The number of thioether (sulfide) groups is 1. The van der Waals surface area contributed by atoms with Gasteiger partial charge >= 0.3 is 0 Å². The van der Waals surface area contributed by atoms with E-state index in [1.807, 2.05) is 24.4 Å². The van der Waals surface area contributed by atoms with Gasteiger partial charge in [-0.1, -0.05) is 35.5 Å². The van der Waals surface area contributed by atoms with Crippen molar-refractivity contribution in [1.82, 2.24) is 19.7 Å². The normalized spacial score (nSPS) is 12.3. The van der Waals surface area contributed by atoms with Crippen LogP contribution in [0.25, 0.3) is 11.4 Å². The molecule has 8 heteroatoms. The third-order valence-electron chi connectivity index (χ3n) is 3.77. The molecule has 6 nitrogen and oxygen atoms in total. The first-order chi connectivity index (χ1) is 12.5. The molecule has 1 aromatic carbocycles. The van der Waals surface area contributed by atoms with Crippen LogP contribution in [0.1, 0.15) is 32.4 Å². The summed E-state index contributed by atoms with van der Waals surface area (Å²) in [5.74, 6) is 0.721. The van der Waals surface area contributed by atoms with Crippen LogP contribution in [0.5, 0.6) is 0 Å². The summed E-state index contributed by atoms with van der Waals surface area (Å²) in [5.41, 5.74) is 2.20. The minimum Gasteiger partial charge on any atom is -0.301 e. The van der Waals surface area contributed by atoms with E-state index in [0.29, 0.717) is 5.13 Å². The highest BCUT2D eigenvalue weighted by Crippen LogP contribution is 2.30. The second-order valence-corrected chi connectivity index (χ2v) is 8.43. The highest BCUT2D eigenvalue weighted by atomic mass is 32.2. The lowest BCUT2D eigenvalue weighted by Gasteiger charge is -2.16. The molecule has 0 aliphatic heterocycles. The zero-order valence-electron chi connectivity index (χ0n) is 15.1. The Morgan fingerprint density at radius 2 is 2.08 bits per heavy atom. The SMILES string of the molecule is Cc1cccc(-c2nnc(S[C@H](C)C(=O)Nc3nccs3)n2C(C)C)c1. The molecule has 26 heavy (non-hydrogen) atoms. The number of nitrogens with one attached hydrogen (secondary N) is 1. The lowest BCUT2D eigenvalue weighted by atomic mass is 10.1. The molecule has 0 bridgehead atoms. The van der Waals surface area contributed by atoms with E-state index in [1.165, 1.54) is 28.7 Å². The number of benzene rings is 1. The number of aromatic nitrogens is 4. The molecule has 0 fully saturated rings. The van der Waals surface area contributed by atoms with Crippen LogP contribution < -0.4 is 5.32 Å². The molecule has 1 atom stereocenters. The molecule has 2 aromatic heterocycles. The van der Waals surface area contributed by atoms with Crippen molar-refractivity contribution in [2.24, 2.45) is 0 Å². The van der Waals surface area contributed by atoms with Crippen molar-refractivity contribution < 1.29 is 4.79 Å². The Kier molecular flexibility index (Phi) is 5.73. The van der Waals surface area contributed by atoms with Crippen molar-refractivity contribution in [3.05, 3.63) is 41.4 Å². The maximum absolute atomic E-state index is 12.4. The van der Waals surface area contributed by atoms with Crippen LogP contribution in [0.2, 0.25) is 0 Å². The molecule has 0 saturated heterocycles. The molecule has 136 valence electrons. The molecule has 0 saturated carbocycles. The van der Waals surface area contributed by atoms with Gasteiger partial charge in [0.05, 0.1) is 5.25 Å². The molecule has 3 rings (SSSR count). The zero-order chi connectivity index (χ0) is 18.7. The Bertz CT molecular complexity index is 889. The van der Waals surface area contributed by atoms with E-state index in [4.69, 9.17) is 0 Å². The number of anilines is 1. The fourth-order valence-electron chi connectivity index (χ4n) is 2.51. The number of hydrogen-bond acceptors (Lipinski definition) is 6. The summed E-state index contributed by atoms with van der Waals surface area (Å²) in [7, 11) is 0. The molecule has 0 unspecified atom stereocenters. The summed E-state index contributed by atoms with van der Waals surface area (Å²) in [6, 6.07) is 8.37. The van der Waals surface area contributed by atoms with Gasteiger partial charge < -0.3 is 5.32 Å². The molecule has 1 N–H and O–H groups in total. The fraction of sp³-hybridized carbons (Fsp3) is 0.333. The van der Waals surface area contributed by atoms with Crippen molar-refractivity contribution in [2.75, 3.05) is 5.32 Å². The fourth-order valence-corrected chi connectivity index (χ4v) is 4.02. The molecule has 2 heterocycles. The second kappa shape index (κ2) is 8.01. The highest BCUT2D eigenvalue weighted by molar-refractivity contribution is 8.00. The molecule has 0 radical (unpaired) electrons. The van der Waals surface area contributed by atoms with Crippen LogP contribution >= 0.6 is 23.1 Å². The van der Waals surface area contributed by atoms with Gasteiger partial charge in [-0.05, 0) is 33.8 Å². The maximum atomic E-state index is 12.4. The van der Waals surface area contributed by atoms with Crippen LogP contribution in [0.4, 0.5) is 5.13 Å². The first-order valence-electron chi connectivity index (χ1n) is 8.34. The Morgan fingerprint density at radius 1 is 1.27 bits per heavy atom. The Balaban J connectivity index is 1.82. The van der Waals surface area contributed by atoms with Crippen molar-refractivity contribution in [3.8, 4) is 11.4 Å². The number of amides is 1. The van der Waals surface area contributed by atoms with E-state index in [-0.39, 0.29) is 17.2 Å². The lowest BCUT2D eigenvalue weighted by Crippen LogP contribution is -2.23. The summed E-state index contributed by atoms with van der Waals surface area (Å²) in [6.07, 6.45) is 1.67. The number of hydrogen-bond donors (Lipinski definition) is 1. The summed E-state index contributed by atoms with van der Waals surface area (Å²) in [5, 5.41) is 14.4. The van der Waals surface area contributed by atoms with Crippen molar-refractivity contribution >= 4 is 34.1 Å². The standard InChI is InChI=1S/C18H21N5OS2/c1-11(2)23-15(14-7-5-6-12(3)10-14)21-22-18(23)26-13(4)16(24)20-17-19-8-9-25-17/h5-11,13H,1-4H3,(H,19,20,24)/t13-/m1/s1. The molecule has 0 aliphatic carbocycles. The molecule has 3 aromatic rings. The third-order valence-corrected chi connectivity index (χ3v) is 5.52. The van der Waals surface area contributed by atoms with Gasteiger partial charge in [0.1, 0.15) is 0 Å². The number of carbonyl (C=O) groups is 1. The number of aryl methyl sites for hydroxylation is 1. The van der Waals surface area contributed by atoms with Crippen molar-refractivity contribution in [3.63, 3.8) is 0 Å². The van der Waals surface area contributed by atoms with Gasteiger partial charge in [-0.25, -0.2) is 4.98 Å². The maximum Gasteiger partial charge on any atom is 0.239 e. The minimum atomic E-state index is -0.314. The number of thiazole rings is 1. The van der Waals surface area contributed by atoms with E-state index in [2.05, 4.69) is 58.0 Å². The summed E-state index contributed by atoms with van der Waals surface area (Å²) in [4.78, 5) is 16.5. The third kappa shape index (κ3) is 4.13. The van der Waals surface area contributed by atoms with Gasteiger partial charge in [0.2, 0.25) is 5.91 Å². The van der Waals surface area contributed by atoms with Crippen LogP contribution in [0, 0.1) is 6.92 Å². The van der Waals surface area contributed by atoms with Crippen LogP contribution in [-0.2, 0) is 4.79 Å². The van der Waals surface area contributed by atoms with E-state index < -0.39 is 0 Å². The van der Waals surface area contributed by atoms with Crippen LogP contribution in [0.3, 0.4) is 0 Å². The summed E-state index contributed by atoms with van der Waals surface area (Å²) >= 11 is 2.80. The first-order valence-corrected chi connectivity index (χ1v) is 10.1. The average Bonchev–Trinajstić information content (AvgIpc) is 3.24. The van der Waals surface area contributed by atoms with Crippen LogP contribution in [-0.4, -0.2) is 30.9 Å². The van der Waals surface area contributed by atoms with E-state index >= 15 is 0 Å². The number of nitrogens with zero attached hydrogens (tertiary/aromatic N) is 4. The molecule has 0 aliphatic rings. The first kappa shape index (κ1) is 18.6. The van der Waals surface area contributed by atoms with Gasteiger partial charge in [0.25, 0.3) is 0 Å². The van der Waals surface area contributed by atoms with Gasteiger partial charge in [0.15, 0.2) is 16.1 Å². The summed E-state index contributed by atoms with van der Waals surface area (Å²) < 4.78 is 2.08. The summed E-state index contributed by atoms with van der Waals surface area (Å²) in [6.45, 7) is 8.10. The topological polar surface area (TPSA) is 72.7 Å². The highest BCUT2D eigenvalue weighted by Gasteiger charge is 2.22. The smallest absolute Gasteiger partial charge is 0.239 e. The van der Waals surface area contributed by atoms with E-state index in [0.717, 1.165) is 16.5 Å². The zero-order valence-corrected chi connectivity index (χ0v) is 16.8. The van der Waals surface area contributed by atoms with Crippen molar-refractivity contribution in [2.45, 2.75) is 44.1 Å². The predicted molar refractivity (Wildman–Crippen MR) is 107 cm³/mol. The predicted octanol–water partition coefficient (Wildman–Crippen LogP) is 4.41. The Hall–Kier alpha value is -2.19. The molecular weight excluding hydrogens is 366 g/mol. The lowest BCUT2D eigenvalue weighted by molar-refractivity contribution is -0.115. The number of rotatable bonds is 6. The van der Waals surface area contributed by atoms with Gasteiger partial charge in [-0.2, -0.15) is 0 Å². The van der Waals surface area contributed by atoms with Crippen LogP contribution in [0.15, 0.2) is 41.0 Å². The quantitative estimate of drug-likeness (QED) is 0.634. The second-order valence-electron chi connectivity index (χ2n) is 6.23. The average molecular weight is 388 g/mol. The monoisotopic (exact) mass is 387 g/mol. The number of carbonyl (C=O) groups excluding carboxylic acids is 1. The molecule has 0 spiro atoms. The van der Waals surface area contributed by atoms with E-state index in [1.54, 1.807) is 6.20 Å². The molecule has 1 amide bonds. The van der Waals surface area contributed by atoms with Gasteiger partial charge in [-0.3, -0.25) is 9.36 Å². The Labute approximate surface area is 161 Å². The van der Waals surface area contributed by atoms with Gasteiger partial charge in [-0.15, -0.1) is 21.5 Å².